The molecule has 3 heterocycles. The molecule has 0 bridgehead atoms. The van der Waals surface area contributed by atoms with Crippen molar-refractivity contribution >= 4 is 22.6 Å². The third-order valence-electron chi connectivity index (χ3n) is 3.49. The smallest absolute Gasteiger partial charge is 0.259 e. The maximum absolute atomic E-state index is 6.22. The molecule has 3 aromatic heterocycles. The number of ether oxygens (including phenoxy) is 1. The second-order valence-electron chi connectivity index (χ2n) is 5.66. The number of hydrogen-bond acceptors (Lipinski definition) is 6. The predicted molar refractivity (Wildman–Crippen MR) is 92.3 cm³/mol. The standard InChI is InChI=1S/C18H13ClN3O3/c1-10(2)24-18-14(19)8-11(9-20-18)17-21-16(22-25-17)13-4-3-5-15-12(13)6-7-23-15/h3-4,6-10H,1-2H3. The van der Waals surface area contributed by atoms with Crippen molar-refractivity contribution in [2.45, 2.75) is 20.0 Å². The Morgan fingerprint density at radius 1 is 1.28 bits per heavy atom. The van der Waals surface area contributed by atoms with Crippen molar-refractivity contribution in [2.24, 2.45) is 0 Å². The summed E-state index contributed by atoms with van der Waals surface area (Å²) in [5.41, 5.74) is 2.06. The second kappa shape index (κ2) is 6.22. The van der Waals surface area contributed by atoms with Crippen molar-refractivity contribution < 1.29 is 13.7 Å². The zero-order valence-electron chi connectivity index (χ0n) is 13.5. The Bertz CT molecular complexity index is 1040. The minimum atomic E-state index is -0.0156. The number of rotatable bonds is 4. The van der Waals surface area contributed by atoms with E-state index in [-0.39, 0.29) is 6.10 Å². The molecule has 0 saturated heterocycles. The summed E-state index contributed by atoms with van der Waals surface area (Å²) >= 11 is 6.22. The first-order valence-corrected chi connectivity index (χ1v) is 8.04. The zero-order chi connectivity index (χ0) is 17.4. The SMILES string of the molecule is CC(C)Oc1ncc(-c2nc(-c3cc[c]c4occc34)no2)cc1Cl. The molecule has 6 nitrogen and oxygen atoms in total. The summed E-state index contributed by atoms with van der Waals surface area (Å²) < 4.78 is 16.2. The van der Waals surface area contributed by atoms with Crippen LogP contribution in [-0.2, 0) is 0 Å². The molecule has 25 heavy (non-hydrogen) atoms. The van der Waals surface area contributed by atoms with E-state index < -0.39 is 0 Å². The molecule has 4 aromatic rings. The number of hydrogen-bond donors (Lipinski definition) is 0. The Kier molecular flexibility index (Phi) is 3.89. The summed E-state index contributed by atoms with van der Waals surface area (Å²) in [5, 5.41) is 5.30. The predicted octanol–water partition coefficient (Wildman–Crippen LogP) is 4.79. The molecule has 0 aliphatic heterocycles. The van der Waals surface area contributed by atoms with Gasteiger partial charge < -0.3 is 13.7 Å². The Morgan fingerprint density at radius 2 is 2.16 bits per heavy atom. The van der Waals surface area contributed by atoms with Crippen LogP contribution in [0.2, 0.25) is 5.02 Å². The van der Waals surface area contributed by atoms with Crippen molar-refractivity contribution in [1.82, 2.24) is 15.1 Å². The van der Waals surface area contributed by atoms with Crippen molar-refractivity contribution in [1.29, 1.82) is 0 Å². The van der Waals surface area contributed by atoms with Gasteiger partial charge in [-0.25, -0.2) is 4.98 Å². The van der Waals surface area contributed by atoms with Crippen LogP contribution in [0.15, 0.2) is 45.7 Å². The highest BCUT2D eigenvalue weighted by atomic mass is 35.5. The van der Waals surface area contributed by atoms with Crippen molar-refractivity contribution in [3.63, 3.8) is 0 Å². The third kappa shape index (κ3) is 2.96. The van der Waals surface area contributed by atoms with E-state index in [0.717, 1.165) is 10.9 Å². The number of fused-ring (bicyclic) bond motifs is 1. The average Bonchev–Trinajstić information content (AvgIpc) is 3.24. The van der Waals surface area contributed by atoms with Gasteiger partial charge >= 0.3 is 0 Å². The Labute approximate surface area is 148 Å². The molecule has 1 radical (unpaired) electrons. The van der Waals surface area contributed by atoms with Crippen LogP contribution < -0.4 is 4.74 Å². The molecule has 0 aliphatic carbocycles. The number of aromatic nitrogens is 3. The molecule has 0 amide bonds. The molecule has 0 N–H and O–H groups in total. The van der Waals surface area contributed by atoms with Crippen LogP contribution in [0.4, 0.5) is 0 Å². The number of nitrogens with zero attached hydrogens (tertiary/aromatic N) is 3. The summed E-state index contributed by atoms with van der Waals surface area (Å²) in [5.74, 6) is 1.15. The van der Waals surface area contributed by atoms with E-state index in [9.17, 15) is 0 Å². The third-order valence-corrected chi connectivity index (χ3v) is 3.76. The average molecular weight is 355 g/mol. The fourth-order valence-corrected chi connectivity index (χ4v) is 2.63. The lowest BCUT2D eigenvalue weighted by Crippen LogP contribution is -2.07. The van der Waals surface area contributed by atoms with Crippen molar-refractivity contribution in [2.75, 3.05) is 0 Å². The van der Waals surface area contributed by atoms with Gasteiger partial charge in [-0.1, -0.05) is 16.8 Å². The monoisotopic (exact) mass is 354 g/mol. The van der Waals surface area contributed by atoms with Gasteiger partial charge in [-0.15, -0.1) is 0 Å². The minimum absolute atomic E-state index is 0.0156. The van der Waals surface area contributed by atoms with E-state index in [0.29, 0.717) is 33.8 Å². The van der Waals surface area contributed by atoms with Gasteiger partial charge in [-0.05, 0) is 38.1 Å². The van der Waals surface area contributed by atoms with Crippen LogP contribution >= 0.6 is 11.6 Å². The number of pyridine rings is 1. The highest BCUT2D eigenvalue weighted by Gasteiger charge is 2.16. The number of benzene rings is 1. The second-order valence-corrected chi connectivity index (χ2v) is 6.06. The summed E-state index contributed by atoms with van der Waals surface area (Å²) in [6.45, 7) is 3.81. The Morgan fingerprint density at radius 3 is 2.96 bits per heavy atom. The van der Waals surface area contributed by atoms with Gasteiger partial charge in [-0.2, -0.15) is 4.98 Å². The van der Waals surface area contributed by atoms with Crippen LogP contribution in [0, 0.1) is 6.07 Å². The van der Waals surface area contributed by atoms with Gasteiger partial charge in [0.2, 0.25) is 11.7 Å². The van der Waals surface area contributed by atoms with E-state index >= 15 is 0 Å². The van der Waals surface area contributed by atoms with Gasteiger partial charge in [0.15, 0.2) is 0 Å². The summed E-state index contributed by atoms with van der Waals surface area (Å²) in [6.07, 6.45) is 3.17. The first kappa shape index (κ1) is 15.7. The number of furan rings is 1. The molecule has 7 heteroatoms. The van der Waals surface area contributed by atoms with Crippen LogP contribution in [-0.4, -0.2) is 21.2 Å². The molecule has 0 aliphatic rings. The molecular weight excluding hydrogens is 342 g/mol. The fraction of sp³-hybridized carbons (Fsp3) is 0.167. The molecular formula is C18H13ClN3O3. The van der Waals surface area contributed by atoms with Gasteiger partial charge in [0.05, 0.1) is 17.9 Å². The molecule has 0 unspecified atom stereocenters. The lowest BCUT2D eigenvalue weighted by molar-refractivity contribution is 0.233. The Hall–Kier alpha value is -2.86. The number of halogens is 1. The van der Waals surface area contributed by atoms with E-state index in [1.807, 2.05) is 26.0 Å². The van der Waals surface area contributed by atoms with Gasteiger partial charge in [0.25, 0.3) is 5.89 Å². The summed E-state index contributed by atoms with van der Waals surface area (Å²) in [6, 6.07) is 10.2. The topological polar surface area (TPSA) is 74.2 Å². The maximum Gasteiger partial charge on any atom is 0.259 e. The van der Waals surface area contributed by atoms with E-state index in [1.54, 1.807) is 24.6 Å². The first-order valence-electron chi connectivity index (χ1n) is 7.66. The highest BCUT2D eigenvalue weighted by molar-refractivity contribution is 6.32. The molecule has 0 spiro atoms. The van der Waals surface area contributed by atoms with Crippen molar-refractivity contribution in [3.8, 4) is 28.7 Å². The van der Waals surface area contributed by atoms with E-state index in [2.05, 4.69) is 21.2 Å². The van der Waals surface area contributed by atoms with E-state index in [4.69, 9.17) is 25.3 Å². The normalized spacial score (nSPS) is 11.4. The van der Waals surface area contributed by atoms with Crippen LogP contribution in [0.25, 0.3) is 33.8 Å². The lowest BCUT2D eigenvalue weighted by atomic mass is 10.1. The maximum atomic E-state index is 6.22. The Balaban J connectivity index is 1.70. The molecule has 125 valence electrons. The summed E-state index contributed by atoms with van der Waals surface area (Å²) in [7, 11) is 0. The van der Waals surface area contributed by atoms with Crippen LogP contribution in [0.3, 0.4) is 0 Å². The first-order chi connectivity index (χ1) is 12.1. The highest BCUT2D eigenvalue weighted by Crippen LogP contribution is 2.31. The minimum Gasteiger partial charge on any atom is -0.474 e. The van der Waals surface area contributed by atoms with Gasteiger partial charge in [-0.3, -0.25) is 0 Å². The fourth-order valence-electron chi connectivity index (χ4n) is 2.42. The molecule has 1 aromatic carbocycles. The van der Waals surface area contributed by atoms with Crippen LogP contribution in [0.1, 0.15) is 13.8 Å². The van der Waals surface area contributed by atoms with Crippen LogP contribution in [0.5, 0.6) is 5.88 Å². The zero-order valence-corrected chi connectivity index (χ0v) is 14.2. The largest absolute Gasteiger partial charge is 0.474 e. The quantitative estimate of drug-likeness (QED) is 0.524. The summed E-state index contributed by atoms with van der Waals surface area (Å²) in [4.78, 5) is 8.66. The van der Waals surface area contributed by atoms with Gasteiger partial charge in [0.1, 0.15) is 10.6 Å². The lowest BCUT2D eigenvalue weighted by Gasteiger charge is -2.09. The molecule has 4 rings (SSSR count). The molecule has 0 atom stereocenters. The van der Waals surface area contributed by atoms with Gasteiger partial charge in [0, 0.05) is 23.2 Å². The molecule has 0 fully saturated rings. The van der Waals surface area contributed by atoms with E-state index in [1.165, 1.54) is 0 Å². The van der Waals surface area contributed by atoms with Crippen molar-refractivity contribution in [3.05, 3.63) is 47.8 Å². The molecule has 0 saturated carbocycles.